The second-order valence-electron chi connectivity index (χ2n) is 9.18. The lowest BCUT2D eigenvalue weighted by atomic mass is 10.1. The van der Waals surface area contributed by atoms with Crippen LogP contribution in [0.15, 0.2) is 43.0 Å². The van der Waals surface area contributed by atoms with Crippen LogP contribution in [0.1, 0.15) is 45.5 Å². The van der Waals surface area contributed by atoms with E-state index in [1.54, 1.807) is 18.4 Å². The third kappa shape index (κ3) is 4.50. The first-order valence-electron chi connectivity index (χ1n) is 11.9. The van der Waals surface area contributed by atoms with Crippen molar-refractivity contribution in [2.45, 2.75) is 64.1 Å². The molecule has 0 unspecified atom stereocenters. The number of imidazole rings is 1. The van der Waals surface area contributed by atoms with Gasteiger partial charge in [-0.05, 0) is 33.3 Å². The summed E-state index contributed by atoms with van der Waals surface area (Å²) in [5.41, 5.74) is 1.77. The molecule has 0 saturated carbocycles. The molecule has 2 aliphatic rings. The van der Waals surface area contributed by atoms with Gasteiger partial charge in [0.25, 0.3) is 5.91 Å². The number of ether oxygens (including phenoxy) is 3. The Labute approximate surface area is 207 Å². The summed E-state index contributed by atoms with van der Waals surface area (Å²) < 4.78 is 19.9. The van der Waals surface area contributed by atoms with Crippen LogP contribution in [-0.2, 0) is 19.0 Å². The molecule has 36 heavy (non-hydrogen) atoms. The van der Waals surface area contributed by atoms with E-state index >= 15 is 0 Å². The van der Waals surface area contributed by atoms with Crippen molar-refractivity contribution < 1.29 is 23.8 Å². The molecule has 2 fully saturated rings. The van der Waals surface area contributed by atoms with Crippen molar-refractivity contribution in [3.63, 3.8) is 0 Å². The number of carbonyl (C=O) groups is 2. The fraction of sp³-hybridized carbons (Fsp3) is 0.458. The van der Waals surface area contributed by atoms with Crippen molar-refractivity contribution in [2.24, 2.45) is 0 Å². The van der Waals surface area contributed by atoms with E-state index in [0.29, 0.717) is 17.7 Å². The molecule has 190 valence electrons. The van der Waals surface area contributed by atoms with Crippen LogP contribution in [-0.4, -0.2) is 62.1 Å². The minimum Gasteiger partial charge on any atom is -0.354 e. The van der Waals surface area contributed by atoms with E-state index in [1.807, 2.05) is 44.2 Å². The number of likely N-dealkylation sites (N-methyl/N-ethyl adjacent to an activating group) is 1. The Balaban J connectivity index is 1.38. The Morgan fingerprint density at radius 3 is 2.61 bits per heavy atom. The average Bonchev–Trinajstić information content (AvgIpc) is 3.50. The minimum atomic E-state index is -0.881. The van der Waals surface area contributed by atoms with Crippen LogP contribution >= 0.6 is 0 Å². The van der Waals surface area contributed by atoms with Crippen LogP contribution in [0, 0.1) is 0 Å². The summed E-state index contributed by atoms with van der Waals surface area (Å²) >= 11 is 0. The molecule has 0 bridgehead atoms. The standard InChI is InChI=1S/C24H29N7O5/c1-5-25-21(32)17-16-18(36-24(3,4)35-16)22(34-17)31-12-28-15-19(26-11-27-20(15)31)30-23(33)29-13(2)14-9-7-6-8-10-14/h6-13,16-18,22H,5H2,1-4H3,(H,25,32)(H2,26,27,29,30,33)/t13-,16-,17+,18-,22-/m1/s1. The number of hydrogen-bond acceptors (Lipinski definition) is 8. The van der Waals surface area contributed by atoms with Crippen LogP contribution in [0.3, 0.4) is 0 Å². The Hall–Kier alpha value is -3.61. The Morgan fingerprint density at radius 2 is 1.86 bits per heavy atom. The fourth-order valence-electron chi connectivity index (χ4n) is 4.58. The van der Waals surface area contributed by atoms with Crippen LogP contribution < -0.4 is 16.0 Å². The number of nitrogens with one attached hydrogen (secondary N) is 3. The monoisotopic (exact) mass is 495 g/mol. The fourth-order valence-corrected chi connectivity index (χ4v) is 4.58. The molecule has 3 aromatic rings. The van der Waals surface area contributed by atoms with Crippen molar-refractivity contribution in [2.75, 3.05) is 11.9 Å². The molecule has 4 heterocycles. The highest BCUT2D eigenvalue weighted by Crippen LogP contribution is 2.44. The maximum absolute atomic E-state index is 12.7. The van der Waals surface area contributed by atoms with Crippen molar-refractivity contribution in [1.29, 1.82) is 0 Å². The number of aromatic nitrogens is 4. The van der Waals surface area contributed by atoms with Gasteiger partial charge < -0.3 is 24.8 Å². The molecule has 2 aromatic heterocycles. The third-order valence-electron chi connectivity index (χ3n) is 6.15. The lowest BCUT2D eigenvalue weighted by molar-refractivity contribution is -0.197. The minimum absolute atomic E-state index is 0.209. The van der Waals surface area contributed by atoms with Gasteiger partial charge in [0, 0.05) is 6.54 Å². The smallest absolute Gasteiger partial charge is 0.320 e. The highest BCUT2D eigenvalue weighted by atomic mass is 16.8. The SMILES string of the molecule is CCNC(=O)[C@H]1O[C@@H](n2cnc3c(NC(=O)N[C@H](C)c4ccccc4)ncnc32)[C@@H]2OC(C)(C)O[C@@H]21. The number of nitrogens with zero attached hydrogens (tertiary/aromatic N) is 4. The zero-order valence-corrected chi connectivity index (χ0v) is 20.5. The van der Waals surface area contributed by atoms with Crippen molar-refractivity contribution >= 4 is 28.9 Å². The number of fused-ring (bicyclic) bond motifs is 2. The van der Waals surface area contributed by atoms with Crippen LogP contribution in [0.25, 0.3) is 11.2 Å². The summed E-state index contributed by atoms with van der Waals surface area (Å²) in [4.78, 5) is 38.3. The number of rotatable bonds is 6. The highest BCUT2D eigenvalue weighted by molar-refractivity contribution is 5.96. The van der Waals surface area contributed by atoms with Gasteiger partial charge in [0.2, 0.25) is 0 Å². The molecule has 12 heteroatoms. The summed E-state index contributed by atoms with van der Waals surface area (Å²) in [6.07, 6.45) is 0.129. The van der Waals surface area contributed by atoms with Crippen molar-refractivity contribution in [1.82, 2.24) is 30.2 Å². The Morgan fingerprint density at radius 1 is 1.11 bits per heavy atom. The largest absolute Gasteiger partial charge is 0.354 e. The Bertz CT molecular complexity index is 1260. The van der Waals surface area contributed by atoms with Gasteiger partial charge in [-0.2, -0.15) is 0 Å². The van der Waals surface area contributed by atoms with E-state index in [4.69, 9.17) is 14.2 Å². The van der Waals surface area contributed by atoms with E-state index in [0.717, 1.165) is 5.56 Å². The van der Waals surface area contributed by atoms with Gasteiger partial charge in [0.1, 0.15) is 18.5 Å². The Kier molecular flexibility index (Phi) is 6.33. The number of anilines is 1. The normalized spacial score (nSPS) is 25.3. The number of carbonyl (C=O) groups excluding carboxylic acids is 2. The lowest BCUT2D eigenvalue weighted by Crippen LogP contribution is -2.42. The van der Waals surface area contributed by atoms with Gasteiger partial charge in [0.05, 0.1) is 12.4 Å². The molecule has 0 radical (unpaired) electrons. The number of urea groups is 1. The summed E-state index contributed by atoms with van der Waals surface area (Å²) in [5.74, 6) is -0.912. The second kappa shape index (κ2) is 9.45. The van der Waals surface area contributed by atoms with Crippen molar-refractivity contribution in [3.8, 4) is 0 Å². The van der Waals surface area contributed by atoms with Crippen LogP contribution in [0.2, 0.25) is 0 Å². The molecule has 2 aliphatic heterocycles. The molecule has 2 saturated heterocycles. The zero-order valence-electron chi connectivity index (χ0n) is 20.5. The first-order chi connectivity index (χ1) is 17.3. The van der Waals surface area contributed by atoms with Crippen LogP contribution in [0.4, 0.5) is 10.6 Å². The van der Waals surface area contributed by atoms with Gasteiger partial charge in [-0.3, -0.25) is 14.7 Å². The van der Waals surface area contributed by atoms with E-state index in [1.165, 1.54) is 12.7 Å². The van der Waals surface area contributed by atoms with E-state index < -0.39 is 36.4 Å². The number of benzene rings is 1. The third-order valence-corrected chi connectivity index (χ3v) is 6.15. The van der Waals surface area contributed by atoms with Gasteiger partial charge in [-0.15, -0.1) is 0 Å². The van der Waals surface area contributed by atoms with Crippen molar-refractivity contribution in [3.05, 3.63) is 48.5 Å². The maximum Gasteiger partial charge on any atom is 0.320 e. The molecule has 5 atom stereocenters. The van der Waals surface area contributed by atoms with E-state index in [-0.39, 0.29) is 17.8 Å². The predicted octanol–water partition coefficient (Wildman–Crippen LogP) is 2.26. The molecule has 1 aromatic carbocycles. The molecular weight excluding hydrogens is 466 g/mol. The molecular formula is C24H29N7O5. The first kappa shape index (κ1) is 24.1. The highest BCUT2D eigenvalue weighted by Gasteiger charge is 2.58. The molecule has 5 rings (SSSR count). The molecule has 3 amide bonds. The van der Waals surface area contributed by atoms with Crippen LogP contribution in [0.5, 0.6) is 0 Å². The number of hydrogen-bond donors (Lipinski definition) is 3. The lowest BCUT2D eigenvalue weighted by Gasteiger charge is -2.24. The van der Waals surface area contributed by atoms with Gasteiger partial charge in [-0.25, -0.2) is 19.7 Å². The molecule has 12 nitrogen and oxygen atoms in total. The zero-order chi connectivity index (χ0) is 25.4. The quantitative estimate of drug-likeness (QED) is 0.473. The van der Waals surface area contributed by atoms with Gasteiger partial charge in [-0.1, -0.05) is 30.3 Å². The predicted molar refractivity (Wildman–Crippen MR) is 129 cm³/mol. The summed E-state index contributed by atoms with van der Waals surface area (Å²) in [6, 6.07) is 8.99. The average molecular weight is 496 g/mol. The van der Waals surface area contributed by atoms with E-state index in [2.05, 4.69) is 30.9 Å². The van der Waals surface area contributed by atoms with Gasteiger partial charge >= 0.3 is 6.03 Å². The molecule has 0 aliphatic carbocycles. The molecule has 0 spiro atoms. The van der Waals surface area contributed by atoms with E-state index in [9.17, 15) is 9.59 Å². The summed E-state index contributed by atoms with van der Waals surface area (Å²) in [5, 5.41) is 8.43. The number of amides is 3. The topological polar surface area (TPSA) is 142 Å². The first-order valence-corrected chi connectivity index (χ1v) is 11.9. The summed E-state index contributed by atoms with van der Waals surface area (Å²) in [6.45, 7) is 7.78. The summed E-state index contributed by atoms with van der Waals surface area (Å²) in [7, 11) is 0. The molecule has 3 N–H and O–H groups in total. The maximum atomic E-state index is 12.7. The van der Waals surface area contributed by atoms with Gasteiger partial charge in [0.15, 0.2) is 35.1 Å². The second-order valence-corrected chi connectivity index (χ2v) is 9.18.